The van der Waals surface area contributed by atoms with E-state index in [9.17, 15) is 4.79 Å². The van der Waals surface area contributed by atoms with E-state index in [1.807, 2.05) is 0 Å². The predicted molar refractivity (Wildman–Crippen MR) is 71.4 cm³/mol. The highest BCUT2D eigenvalue weighted by Crippen LogP contribution is 2.32. The van der Waals surface area contributed by atoms with E-state index < -0.39 is 0 Å². The standard InChI is InChI=1S/C14H26N2O2/c1-3-14(4-7-15-11-14)12(17)16-10-13(2)5-8-18-9-6-13/h15H,3-11H2,1-2H3,(H,16,17). The smallest absolute Gasteiger partial charge is 0.227 e. The Labute approximate surface area is 110 Å². The van der Waals surface area contributed by atoms with Crippen LogP contribution in [0.5, 0.6) is 0 Å². The molecule has 2 heterocycles. The van der Waals surface area contributed by atoms with Crippen LogP contribution in [0.15, 0.2) is 0 Å². The minimum absolute atomic E-state index is 0.165. The summed E-state index contributed by atoms with van der Waals surface area (Å²) in [6.07, 6.45) is 3.98. The lowest BCUT2D eigenvalue weighted by Crippen LogP contribution is -2.47. The molecule has 0 bridgehead atoms. The molecule has 2 rings (SSSR count). The number of carbonyl (C=O) groups excluding carboxylic acids is 1. The van der Waals surface area contributed by atoms with Crippen LogP contribution in [0.3, 0.4) is 0 Å². The van der Waals surface area contributed by atoms with Crippen molar-refractivity contribution in [2.45, 2.75) is 39.5 Å². The van der Waals surface area contributed by atoms with Crippen LogP contribution in [0.25, 0.3) is 0 Å². The summed E-state index contributed by atoms with van der Waals surface area (Å²) in [6.45, 7) is 8.60. The van der Waals surface area contributed by atoms with Gasteiger partial charge in [0.1, 0.15) is 0 Å². The zero-order chi connectivity index (χ0) is 13.1. The van der Waals surface area contributed by atoms with Gasteiger partial charge in [-0.05, 0) is 37.6 Å². The molecule has 0 radical (unpaired) electrons. The van der Waals surface area contributed by atoms with Crippen molar-refractivity contribution in [1.29, 1.82) is 0 Å². The van der Waals surface area contributed by atoms with E-state index >= 15 is 0 Å². The van der Waals surface area contributed by atoms with E-state index in [0.29, 0.717) is 0 Å². The molecule has 4 nitrogen and oxygen atoms in total. The molecule has 0 aromatic heterocycles. The molecule has 4 heteroatoms. The second-order valence-electron chi connectivity index (χ2n) is 6.17. The molecule has 0 aromatic rings. The first kappa shape index (κ1) is 13.8. The molecule has 104 valence electrons. The maximum atomic E-state index is 12.4. The third-order valence-electron chi connectivity index (χ3n) is 4.78. The summed E-state index contributed by atoms with van der Waals surface area (Å²) in [7, 11) is 0. The van der Waals surface area contributed by atoms with Crippen LogP contribution in [0.4, 0.5) is 0 Å². The molecule has 2 aliphatic heterocycles. The highest BCUT2D eigenvalue weighted by molar-refractivity contribution is 5.83. The van der Waals surface area contributed by atoms with Gasteiger partial charge in [0.25, 0.3) is 0 Å². The van der Waals surface area contributed by atoms with Crippen LogP contribution < -0.4 is 10.6 Å². The van der Waals surface area contributed by atoms with Gasteiger partial charge in [-0.1, -0.05) is 13.8 Å². The van der Waals surface area contributed by atoms with Gasteiger partial charge in [0.15, 0.2) is 0 Å². The number of hydrogen-bond acceptors (Lipinski definition) is 3. The van der Waals surface area contributed by atoms with Gasteiger partial charge in [-0.25, -0.2) is 0 Å². The van der Waals surface area contributed by atoms with Crippen LogP contribution in [0.1, 0.15) is 39.5 Å². The van der Waals surface area contributed by atoms with Gasteiger partial charge >= 0.3 is 0 Å². The summed E-state index contributed by atoms with van der Waals surface area (Å²) < 4.78 is 5.39. The summed E-state index contributed by atoms with van der Waals surface area (Å²) in [4.78, 5) is 12.4. The second kappa shape index (κ2) is 5.57. The number of amides is 1. The Morgan fingerprint density at radius 2 is 2.06 bits per heavy atom. The fourth-order valence-electron chi connectivity index (χ4n) is 2.92. The summed E-state index contributed by atoms with van der Waals surface area (Å²) in [6, 6.07) is 0. The molecule has 0 saturated carbocycles. The van der Waals surface area contributed by atoms with Crippen molar-refractivity contribution in [3.8, 4) is 0 Å². The first-order valence-electron chi connectivity index (χ1n) is 7.17. The number of carbonyl (C=O) groups is 1. The molecule has 18 heavy (non-hydrogen) atoms. The number of nitrogens with one attached hydrogen (secondary N) is 2. The molecule has 2 aliphatic rings. The van der Waals surface area contributed by atoms with Crippen LogP contribution >= 0.6 is 0 Å². The molecular weight excluding hydrogens is 228 g/mol. The van der Waals surface area contributed by atoms with Gasteiger partial charge in [-0.15, -0.1) is 0 Å². The van der Waals surface area contributed by atoms with Gasteiger partial charge < -0.3 is 15.4 Å². The molecule has 0 aliphatic carbocycles. The van der Waals surface area contributed by atoms with Crippen LogP contribution in [0, 0.1) is 10.8 Å². The van der Waals surface area contributed by atoms with Gasteiger partial charge in [-0.2, -0.15) is 0 Å². The van der Waals surface area contributed by atoms with Crippen molar-refractivity contribution in [2.75, 3.05) is 32.8 Å². The summed E-state index contributed by atoms with van der Waals surface area (Å²) in [5.74, 6) is 0.239. The third kappa shape index (κ3) is 2.86. The highest BCUT2D eigenvalue weighted by Gasteiger charge is 2.40. The zero-order valence-electron chi connectivity index (χ0n) is 11.7. The molecule has 0 spiro atoms. The monoisotopic (exact) mass is 254 g/mol. The fourth-order valence-corrected chi connectivity index (χ4v) is 2.92. The highest BCUT2D eigenvalue weighted by atomic mass is 16.5. The number of hydrogen-bond donors (Lipinski definition) is 2. The average Bonchev–Trinajstić information content (AvgIpc) is 2.87. The Bertz CT molecular complexity index is 292. The zero-order valence-corrected chi connectivity index (χ0v) is 11.7. The quantitative estimate of drug-likeness (QED) is 0.795. The van der Waals surface area contributed by atoms with Gasteiger partial charge in [0.05, 0.1) is 5.41 Å². The first-order valence-corrected chi connectivity index (χ1v) is 7.17. The third-order valence-corrected chi connectivity index (χ3v) is 4.78. The van der Waals surface area contributed by atoms with E-state index in [0.717, 1.165) is 58.5 Å². The van der Waals surface area contributed by atoms with E-state index in [2.05, 4.69) is 24.5 Å². The van der Waals surface area contributed by atoms with E-state index in [4.69, 9.17) is 4.74 Å². The van der Waals surface area contributed by atoms with Crippen molar-refractivity contribution in [1.82, 2.24) is 10.6 Å². The Morgan fingerprint density at radius 1 is 1.33 bits per heavy atom. The molecule has 2 N–H and O–H groups in total. The van der Waals surface area contributed by atoms with E-state index in [1.54, 1.807) is 0 Å². The minimum atomic E-state index is -0.165. The molecule has 2 saturated heterocycles. The minimum Gasteiger partial charge on any atom is -0.381 e. The maximum Gasteiger partial charge on any atom is 0.227 e. The molecular formula is C14H26N2O2. The molecule has 1 atom stereocenters. The Kier molecular flexibility index (Phi) is 4.28. The van der Waals surface area contributed by atoms with Crippen LogP contribution in [0.2, 0.25) is 0 Å². The van der Waals surface area contributed by atoms with Crippen molar-refractivity contribution in [3.05, 3.63) is 0 Å². The van der Waals surface area contributed by atoms with Crippen LogP contribution in [-0.4, -0.2) is 38.8 Å². The lowest BCUT2D eigenvalue weighted by atomic mass is 9.80. The van der Waals surface area contributed by atoms with Crippen LogP contribution in [-0.2, 0) is 9.53 Å². The fraction of sp³-hybridized carbons (Fsp3) is 0.929. The van der Waals surface area contributed by atoms with E-state index in [1.165, 1.54) is 0 Å². The molecule has 1 amide bonds. The Balaban J connectivity index is 1.87. The lowest BCUT2D eigenvalue weighted by molar-refractivity contribution is -0.131. The maximum absolute atomic E-state index is 12.4. The van der Waals surface area contributed by atoms with Crippen molar-refractivity contribution >= 4 is 5.91 Å². The van der Waals surface area contributed by atoms with E-state index in [-0.39, 0.29) is 16.7 Å². The largest absolute Gasteiger partial charge is 0.381 e. The summed E-state index contributed by atoms with van der Waals surface area (Å²) in [5, 5.41) is 6.50. The van der Waals surface area contributed by atoms with Gasteiger partial charge in [0, 0.05) is 26.3 Å². The Hall–Kier alpha value is -0.610. The predicted octanol–water partition coefficient (Wildman–Crippen LogP) is 1.31. The average molecular weight is 254 g/mol. The normalized spacial score (nSPS) is 31.2. The topological polar surface area (TPSA) is 50.4 Å². The number of rotatable bonds is 4. The SMILES string of the molecule is CCC1(C(=O)NCC2(C)CCOCC2)CCNC1. The number of ether oxygens (including phenoxy) is 1. The van der Waals surface area contributed by atoms with Crippen molar-refractivity contribution in [2.24, 2.45) is 10.8 Å². The lowest BCUT2D eigenvalue weighted by Gasteiger charge is -2.35. The summed E-state index contributed by atoms with van der Waals surface area (Å²) in [5.41, 5.74) is 0.0520. The van der Waals surface area contributed by atoms with Crippen molar-refractivity contribution < 1.29 is 9.53 Å². The van der Waals surface area contributed by atoms with Gasteiger partial charge in [-0.3, -0.25) is 4.79 Å². The molecule has 2 fully saturated rings. The van der Waals surface area contributed by atoms with Crippen molar-refractivity contribution in [3.63, 3.8) is 0 Å². The Morgan fingerprint density at radius 3 is 2.61 bits per heavy atom. The first-order chi connectivity index (χ1) is 8.60. The molecule has 0 aromatic carbocycles. The summed E-state index contributed by atoms with van der Waals surface area (Å²) >= 11 is 0. The van der Waals surface area contributed by atoms with Gasteiger partial charge in [0.2, 0.25) is 5.91 Å². The molecule has 1 unspecified atom stereocenters. The second-order valence-corrected chi connectivity index (χ2v) is 6.17.